The minimum atomic E-state index is -0.434. The molecule has 0 atom stereocenters. The second kappa shape index (κ2) is 6.40. The first kappa shape index (κ1) is 15.9. The van der Waals surface area contributed by atoms with Crippen LogP contribution >= 0.6 is 0 Å². The predicted octanol–water partition coefficient (Wildman–Crippen LogP) is 1.83. The molecule has 1 aromatic carbocycles. The van der Waals surface area contributed by atoms with Crippen LogP contribution < -0.4 is 14.8 Å². The van der Waals surface area contributed by atoms with Crippen LogP contribution in [-0.2, 0) is 4.79 Å². The van der Waals surface area contributed by atoms with Gasteiger partial charge in [0, 0.05) is 25.2 Å². The van der Waals surface area contributed by atoms with E-state index in [-0.39, 0.29) is 18.1 Å². The molecule has 1 N–H and O–H groups in total. The van der Waals surface area contributed by atoms with Crippen LogP contribution in [0.5, 0.6) is 11.5 Å². The fourth-order valence-corrected chi connectivity index (χ4v) is 2.69. The van der Waals surface area contributed by atoms with Crippen LogP contribution in [0.3, 0.4) is 0 Å². The number of rotatable bonds is 4. The molecule has 8 nitrogen and oxygen atoms in total. The number of nitrogens with one attached hydrogen (secondary N) is 1. The van der Waals surface area contributed by atoms with E-state index >= 15 is 0 Å². The second-order valence-electron chi connectivity index (χ2n) is 5.68. The number of imide groups is 1. The Kier molecular flexibility index (Phi) is 3.92. The molecule has 0 aliphatic carbocycles. The van der Waals surface area contributed by atoms with E-state index in [9.17, 15) is 14.4 Å². The van der Waals surface area contributed by atoms with Gasteiger partial charge in [-0.05, 0) is 24.3 Å². The molecule has 0 radical (unpaired) electrons. The summed E-state index contributed by atoms with van der Waals surface area (Å²) in [5.41, 5.74) is 0.403. The molecule has 0 bridgehead atoms. The van der Waals surface area contributed by atoms with Gasteiger partial charge in [0.25, 0.3) is 5.91 Å². The number of amides is 3. The van der Waals surface area contributed by atoms with Crippen molar-refractivity contribution < 1.29 is 28.3 Å². The van der Waals surface area contributed by atoms with E-state index in [1.807, 2.05) is 0 Å². The highest BCUT2D eigenvalue weighted by molar-refractivity contribution is 6.14. The molecule has 4 rings (SSSR count). The summed E-state index contributed by atoms with van der Waals surface area (Å²) in [6.45, 7) is 0.475. The van der Waals surface area contributed by atoms with Crippen molar-refractivity contribution in [2.24, 2.45) is 0 Å². The normalized spacial score (nSPS) is 17.2. The third-order valence-electron chi connectivity index (χ3n) is 3.98. The SMILES string of the molecule is O=C1C(=Cc2ccco2)Oc2cc(OCC(=O)N3CCNC3=O)ccc21. The number of allylic oxidation sites excluding steroid dienone is 1. The first-order valence-electron chi connectivity index (χ1n) is 7.94. The van der Waals surface area contributed by atoms with Gasteiger partial charge in [0.2, 0.25) is 5.78 Å². The molecular weight excluding hydrogens is 340 g/mol. The first-order chi connectivity index (χ1) is 12.6. The quantitative estimate of drug-likeness (QED) is 0.841. The van der Waals surface area contributed by atoms with Crippen LogP contribution in [0.15, 0.2) is 46.8 Å². The highest BCUT2D eigenvalue weighted by atomic mass is 16.5. The third kappa shape index (κ3) is 2.92. The number of ether oxygens (including phenoxy) is 2. The number of ketones is 1. The maximum Gasteiger partial charge on any atom is 0.324 e. The molecule has 26 heavy (non-hydrogen) atoms. The van der Waals surface area contributed by atoms with Crippen LogP contribution in [0, 0.1) is 0 Å². The topological polar surface area (TPSA) is 98.1 Å². The van der Waals surface area contributed by atoms with E-state index in [4.69, 9.17) is 13.9 Å². The summed E-state index contributed by atoms with van der Waals surface area (Å²) in [5.74, 6) is 0.674. The molecule has 1 aromatic heterocycles. The molecule has 0 spiro atoms. The van der Waals surface area contributed by atoms with Gasteiger partial charge in [-0.25, -0.2) is 4.79 Å². The second-order valence-corrected chi connectivity index (χ2v) is 5.68. The minimum absolute atomic E-state index is 0.150. The van der Waals surface area contributed by atoms with Gasteiger partial charge in [-0.1, -0.05) is 0 Å². The number of hydrogen-bond acceptors (Lipinski definition) is 6. The summed E-state index contributed by atoms with van der Waals surface area (Å²) in [6, 6.07) is 7.68. The van der Waals surface area contributed by atoms with Crippen molar-refractivity contribution in [3.05, 3.63) is 53.7 Å². The average molecular weight is 354 g/mol. The van der Waals surface area contributed by atoms with Crippen molar-refractivity contribution in [1.29, 1.82) is 0 Å². The van der Waals surface area contributed by atoms with E-state index in [0.29, 0.717) is 35.9 Å². The van der Waals surface area contributed by atoms with Crippen LogP contribution in [0.1, 0.15) is 16.1 Å². The van der Waals surface area contributed by atoms with Crippen molar-refractivity contribution in [1.82, 2.24) is 10.2 Å². The lowest BCUT2D eigenvalue weighted by Gasteiger charge is -2.13. The van der Waals surface area contributed by atoms with Crippen LogP contribution in [-0.4, -0.2) is 42.3 Å². The van der Waals surface area contributed by atoms with Gasteiger partial charge < -0.3 is 19.2 Å². The fourth-order valence-electron chi connectivity index (χ4n) is 2.69. The zero-order valence-electron chi connectivity index (χ0n) is 13.6. The molecule has 2 aliphatic rings. The molecule has 0 unspecified atom stereocenters. The molecule has 132 valence electrons. The van der Waals surface area contributed by atoms with Gasteiger partial charge in [-0.15, -0.1) is 0 Å². The van der Waals surface area contributed by atoms with Gasteiger partial charge in [0.15, 0.2) is 12.4 Å². The number of fused-ring (bicyclic) bond motifs is 1. The molecule has 1 fully saturated rings. The molecule has 3 heterocycles. The highest BCUT2D eigenvalue weighted by Crippen LogP contribution is 2.34. The number of nitrogens with zero attached hydrogens (tertiary/aromatic N) is 1. The Bertz CT molecular complexity index is 916. The lowest BCUT2D eigenvalue weighted by Crippen LogP contribution is -2.37. The lowest BCUT2D eigenvalue weighted by atomic mass is 10.1. The number of carbonyl (C=O) groups is 3. The summed E-state index contributed by atoms with van der Waals surface area (Å²) < 4.78 is 16.2. The zero-order valence-corrected chi connectivity index (χ0v) is 13.6. The van der Waals surface area contributed by atoms with Gasteiger partial charge >= 0.3 is 6.03 Å². The Morgan fingerprint density at radius 3 is 2.92 bits per heavy atom. The summed E-state index contributed by atoms with van der Waals surface area (Å²) in [6.07, 6.45) is 3.01. The summed E-state index contributed by atoms with van der Waals surface area (Å²) >= 11 is 0. The summed E-state index contributed by atoms with van der Waals surface area (Å²) in [5, 5.41) is 2.55. The number of Topliss-reactive ketones (excluding diaryl/α,β-unsaturated/α-hetero) is 1. The van der Waals surface area contributed by atoms with Crippen molar-refractivity contribution in [2.75, 3.05) is 19.7 Å². The van der Waals surface area contributed by atoms with Crippen molar-refractivity contribution in [2.45, 2.75) is 0 Å². The van der Waals surface area contributed by atoms with Gasteiger partial charge in [-0.3, -0.25) is 14.5 Å². The monoisotopic (exact) mass is 354 g/mol. The first-order valence-corrected chi connectivity index (χ1v) is 7.94. The zero-order chi connectivity index (χ0) is 18.1. The van der Waals surface area contributed by atoms with Gasteiger partial charge in [0.05, 0.1) is 11.8 Å². The Balaban J connectivity index is 1.45. The smallest absolute Gasteiger partial charge is 0.324 e. The number of hydrogen-bond donors (Lipinski definition) is 1. The predicted molar refractivity (Wildman–Crippen MR) is 88.7 cm³/mol. The van der Waals surface area contributed by atoms with Crippen LogP contribution in [0.25, 0.3) is 6.08 Å². The van der Waals surface area contributed by atoms with E-state index in [1.165, 1.54) is 18.4 Å². The van der Waals surface area contributed by atoms with E-state index < -0.39 is 11.9 Å². The van der Waals surface area contributed by atoms with Crippen LogP contribution in [0.2, 0.25) is 0 Å². The van der Waals surface area contributed by atoms with Crippen molar-refractivity contribution in [3.63, 3.8) is 0 Å². The Morgan fingerprint density at radius 1 is 1.31 bits per heavy atom. The molecule has 2 aliphatic heterocycles. The Morgan fingerprint density at radius 2 is 2.19 bits per heavy atom. The van der Waals surface area contributed by atoms with E-state index in [2.05, 4.69) is 5.32 Å². The Hall–Kier alpha value is -3.55. The number of urea groups is 1. The third-order valence-corrected chi connectivity index (χ3v) is 3.98. The summed E-state index contributed by atoms with van der Waals surface area (Å²) in [4.78, 5) is 36.9. The van der Waals surface area contributed by atoms with E-state index in [1.54, 1.807) is 24.3 Å². The lowest BCUT2D eigenvalue weighted by molar-refractivity contribution is -0.129. The molecule has 0 saturated carbocycles. The van der Waals surface area contributed by atoms with Crippen molar-refractivity contribution in [3.8, 4) is 11.5 Å². The molecule has 1 saturated heterocycles. The number of benzene rings is 1. The Labute approximate surface area is 148 Å². The average Bonchev–Trinajstić information content (AvgIpc) is 3.35. The minimum Gasteiger partial charge on any atom is -0.484 e. The van der Waals surface area contributed by atoms with Crippen molar-refractivity contribution >= 4 is 23.8 Å². The maximum atomic E-state index is 12.3. The number of furan rings is 1. The fraction of sp³-hybridized carbons (Fsp3) is 0.167. The standard InChI is InChI=1S/C18H14N2O6/c21-16(20-6-5-19-18(20)23)10-25-12-3-4-13-14(8-12)26-15(17(13)22)9-11-2-1-7-24-11/h1-4,7-9H,5-6,10H2,(H,19,23). The largest absolute Gasteiger partial charge is 0.484 e. The molecule has 3 amide bonds. The van der Waals surface area contributed by atoms with E-state index in [0.717, 1.165) is 4.90 Å². The maximum absolute atomic E-state index is 12.3. The van der Waals surface area contributed by atoms with Gasteiger partial charge in [-0.2, -0.15) is 0 Å². The summed E-state index contributed by atoms with van der Waals surface area (Å²) in [7, 11) is 0. The molecular formula is C18H14N2O6. The molecule has 2 aromatic rings. The van der Waals surface area contributed by atoms with Gasteiger partial charge in [0.1, 0.15) is 17.3 Å². The van der Waals surface area contributed by atoms with Crippen LogP contribution in [0.4, 0.5) is 4.79 Å². The number of carbonyl (C=O) groups excluding carboxylic acids is 3. The molecule has 8 heteroatoms. The highest BCUT2D eigenvalue weighted by Gasteiger charge is 2.29.